The highest BCUT2D eigenvalue weighted by Gasteiger charge is 2.19. The van der Waals surface area contributed by atoms with E-state index >= 15 is 0 Å². The Balaban J connectivity index is 1.95. The number of anilines is 2. The molecule has 4 nitrogen and oxygen atoms in total. The molecule has 1 aromatic rings. The van der Waals surface area contributed by atoms with E-state index in [0.29, 0.717) is 17.7 Å². The van der Waals surface area contributed by atoms with Gasteiger partial charge in [-0.1, -0.05) is 6.08 Å². The van der Waals surface area contributed by atoms with E-state index in [2.05, 4.69) is 40.1 Å². The Morgan fingerprint density at radius 1 is 1.55 bits per heavy atom. The summed E-state index contributed by atoms with van der Waals surface area (Å²) in [5, 5.41) is 6.73. The van der Waals surface area contributed by atoms with Crippen molar-refractivity contribution in [2.45, 2.75) is 32.2 Å². The van der Waals surface area contributed by atoms with Gasteiger partial charge in [-0.2, -0.15) is 0 Å². The van der Waals surface area contributed by atoms with Gasteiger partial charge in [0.1, 0.15) is 5.82 Å². The van der Waals surface area contributed by atoms with Gasteiger partial charge in [-0.25, -0.2) is 4.98 Å². The van der Waals surface area contributed by atoms with Crippen LogP contribution in [-0.2, 0) is 0 Å². The molecule has 0 bridgehead atoms. The zero-order valence-electron chi connectivity index (χ0n) is 11.9. The standard InChI is InChI=1S/C15H22N4S/c1-3-9-16-15(20)18-13-7-8-14(17-11-13)19-10-5-4-6-12(19)2/h3,7-8,11-12H,1,4-6,9-10H2,2H3,(H2,16,18,20)/t12-/m1/s1. The molecular weight excluding hydrogens is 268 g/mol. The van der Waals surface area contributed by atoms with Crippen molar-refractivity contribution in [2.24, 2.45) is 0 Å². The van der Waals surface area contributed by atoms with E-state index in [0.717, 1.165) is 18.1 Å². The van der Waals surface area contributed by atoms with Gasteiger partial charge in [0.05, 0.1) is 11.9 Å². The lowest BCUT2D eigenvalue weighted by molar-refractivity contribution is 0.481. The van der Waals surface area contributed by atoms with Crippen LogP contribution in [0, 0.1) is 0 Å². The third kappa shape index (κ3) is 3.93. The first-order chi connectivity index (χ1) is 9.70. The Bertz CT molecular complexity index is 457. The van der Waals surface area contributed by atoms with Crippen LogP contribution in [0.5, 0.6) is 0 Å². The Morgan fingerprint density at radius 3 is 3.05 bits per heavy atom. The molecule has 0 unspecified atom stereocenters. The second kappa shape index (κ2) is 7.24. The number of nitrogens with zero attached hydrogens (tertiary/aromatic N) is 2. The third-order valence-corrected chi connectivity index (χ3v) is 3.76. The summed E-state index contributed by atoms with van der Waals surface area (Å²) in [5.74, 6) is 1.05. The number of hydrogen-bond donors (Lipinski definition) is 2. The van der Waals surface area contributed by atoms with Gasteiger partial charge in [0, 0.05) is 19.1 Å². The zero-order valence-corrected chi connectivity index (χ0v) is 12.7. The zero-order chi connectivity index (χ0) is 14.4. The van der Waals surface area contributed by atoms with Gasteiger partial charge >= 0.3 is 0 Å². The fourth-order valence-electron chi connectivity index (χ4n) is 2.41. The number of hydrogen-bond acceptors (Lipinski definition) is 3. The molecule has 0 spiro atoms. The molecule has 0 aromatic carbocycles. The van der Waals surface area contributed by atoms with Crippen LogP contribution >= 0.6 is 12.2 Å². The monoisotopic (exact) mass is 290 g/mol. The number of nitrogens with one attached hydrogen (secondary N) is 2. The average molecular weight is 290 g/mol. The van der Waals surface area contributed by atoms with Crippen molar-refractivity contribution in [3.05, 3.63) is 31.0 Å². The van der Waals surface area contributed by atoms with E-state index in [9.17, 15) is 0 Å². The van der Waals surface area contributed by atoms with Crippen molar-refractivity contribution in [3.8, 4) is 0 Å². The topological polar surface area (TPSA) is 40.2 Å². The van der Waals surface area contributed by atoms with E-state index in [4.69, 9.17) is 12.2 Å². The molecule has 0 saturated carbocycles. The number of pyridine rings is 1. The summed E-state index contributed by atoms with van der Waals surface area (Å²) in [7, 11) is 0. The molecule has 5 heteroatoms. The fourth-order valence-corrected chi connectivity index (χ4v) is 2.61. The Labute approximate surface area is 126 Å². The molecule has 0 radical (unpaired) electrons. The first-order valence-corrected chi connectivity index (χ1v) is 7.50. The summed E-state index contributed by atoms with van der Waals surface area (Å²) in [6.07, 6.45) is 7.42. The van der Waals surface area contributed by atoms with Crippen LogP contribution < -0.4 is 15.5 Å². The molecule has 108 valence electrons. The SMILES string of the molecule is C=CCNC(=S)Nc1ccc(N2CCCC[C@H]2C)nc1. The molecule has 20 heavy (non-hydrogen) atoms. The van der Waals surface area contributed by atoms with Gasteiger partial charge in [-0.15, -0.1) is 6.58 Å². The molecular formula is C15H22N4S. The summed E-state index contributed by atoms with van der Waals surface area (Å²) >= 11 is 5.17. The van der Waals surface area contributed by atoms with Gasteiger partial charge in [0.2, 0.25) is 0 Å². The van der Waals surface area contributed by atoms with Crippen molar-refractivity contribution in [1.29, 1.82) is 0 Å². The summed E-state index contributed by atoms with van der Waals surface area (Å²) in [4.78, 5) is 6.92. The highest BCUT2D eigenvalue weighted by molar-refractivity contribution is 7.80. The summed E-state index contributed by atoms with van der Waals surface area (Å²) in [6.45, 7) is 7.66. The molecule has 1 atom stereocenters. The summed E-state index contributed by atoms with van der Waals surface area (Å²) in [6, 6.07) is 4.65. The maximum Gasteiger partial charge on any atom is 0.171 e. The van der Waals surface area contributed by atoms with E-state index in [1.54, 1.807) is 6.08 Å². The second-order valence-corrected chi connectivity index (χ2v) is 5.48. The molecule has 1 fully saturated rings. The molecule has 0 amide bonds. The van der Waals surface area contributed by atoms with Gasteiger partial charge in [0.15, 0.2) is 5.11 Å². The third-order valence-electron chi connectivity index (χ3n) is 3.51. The van der Waals surface area contributed by atoms with Gasteiger partial charge in [-0.05, 0) is 50.5 Å². The minimum absolute atomic E-state index is 0.574. The molecule has 1 aromatic heterocycles. The first kappa shape index (κ1) is 14.8. The van der Waals surface area contributed by atoms with Crippen molar-refractivity contribution in [3.63, 3.8) is 0 Å². The van der Waals surface area contributed by atoms with Crippen molar-refractivity contribution < 1.29 is 0 Å². The summed E-state index contributed by atoms with van der Waals surface area (Å²) in [5.41, 5.74) is 0.903. The van der Waals surface area contributed by atoms with Crippen LogP contribution in [0.3, 0.4) is 0 Å². The van der Waals surface area contributed by atoms with Gasteiger partial charge < -0.3 is 15.5 Å². The Morgan fingerprint density at radius 2 is 2.40 bits per heavy atom. The normalized spacial score (nSPS) is 18.4. The van der Waals surface area contributed by atoms with Gasteiger partial charge in [0.25, 0.3) is 0 Å². The Hall–Kier alpha value is -1.62. The smallest absolute Gasteiger partial charge is 0.171 e. The lowest BCUT2D eigenvalue weighted by Gasteiger charge is -2.34. The molecule has 1 aliphatic rings. The first-order valence-electron chi connectivity index (χ1n) is 7.09. The lowest BCUT2D eigenvalue weighted by Crippen LogP contribution is -2.37. The quantitative estimate of drug-likeness (QED) is 0.659. The maximum absolute atomic E-state index is 5.17. The average Bonchev–Trinajstić information content (AvgIpc) is 2.47. The molecule has 1 aliphatic heterocycles. The predicted octanol–water partition coefficient (Wildman–Crippen LogP) is 2.93. The number of piperidine rings is 1. The highest BCUT2D eigenvalue weighted by atomic mass is 32.1. The molecule has 2 rings (SSSR count). The van der Waals surface area contributed by atoms with Crippen LogP contribution in [0.1, 0.15) is 26.2 Å². The molecule has 1 saturated heterocycles. The largest absolute Gasteiger partial charge is 0.359 e. The molecule has 0 aliphatic carbocycles. The van der Waals surface area contributed by atoms with Crippen LogP contribution in [0.15, 0.2) is 31.0 Å². The van der Waals surface area contributed by atoms with Crippen LogP contribution in [0.25, 0.3) is 0 Å². The fraction of sp³-hybridized carbons (Fsp3) is 0.467. The highest BCUT2D eigenvalue weighted by Crippen LogP contribution is 2.23. The van der Waals surface area contributed by atoms with E-state index in [1.807, 2.05) is 12.3 Å². The minimum Gasteiger partial charge on any atom is -0.359 e. The summed E-state index contributed by atoms with van der Waals surface area (Å²) < 4.78 is 0. The van der Waals surface area contributed by atoms with Crippen molar-refractivity contribution >= 4 is 28.8 Å². The molecule has 2 N–H and O–H groups in total. The van der Waals surface area contributed by atoms with Crippen LogP contribution in [0.4, 0.5) is 11.5 Å². The van der Waals surface area contributed by atoms with Crippen LogP contribution in [0.2, 0.25) is 0 Å². The number of rotatable bonds is 4. The van der Waals surface area contributed by atoms with E-state index < -0.39 is 0 Å². The van der Waals surface area contributed by atoms with Crippen molar-refractivity contribution in [2.75, 3.05) is 23.3 Å². The van der Waals surface area contributed by atoms with Crippen molar-refractivity contribution in [1.82, 2.24) is 10.3 Å². The van der Waals surface area contributed by atoms with Gasteiger partial charge in [-0.3, -0.25) is 0 Å². The second-order valence-electron chi connectivity index (χ2n) is 5.07. The van der Waals surface area contributed by atoms with E-state index in [-0.39, 0.29) is 0 Å². The van der Waals surface area contributed by atoms with E-state index in [1.165, 1.54) is 19.3 Å². The molecule has 2 heterocycles. The maximum atomic E-state index is 5.17. The minimum atomic E-state index is 0.574. The lowest BCUT2D eigenvalue weighted by atomic mass is 10.0. The number of thiocarbonyl (C=S) groups is 1. The van der Waals surface area contributed by atoms with Crippen LogP contribution in [-0.4, -0.2) is 29.2 Å². The predicted molar refractivity (Wildman–Crippen MR) is 89.3 cm³/mol. The number of aromatic nitrogens is 1. The Kier molecular flexibility index (Phi) is 5.35.